The van der Waals surface area contributed by atoms with E-state index in [0.29, 0.717) is 15.4 Å². The zero-order valence-corrected chi connectivity index (χ0v) is 9.41. The Morgan fingerprint density at radius 2 is 2.25 bits per heavy atom. The first-order valence-corrected chi connectivity index (χ1v) is 4.99. The molecule has 0 spiro atoms. The van der Waals surface area contributed by atoms with Crippen molar-refractivity contribution in [3.05, 3.63) is 32.4 Å². The van der Waals surface area contributed by atoms with E-state index in [1.807, 2.05) is 6.07 Å². The molecule has 0 aliphatic heterocycles. The fourth-order valence-corrected chi connectivity index (χ4v) is 2.00. The molecule has 3 N–H and O–H groups in total. The molecule has 16 heavy (non-hydrogen) atoms. The molecule has 1 heterocycles. The molecule has 0 aliphatic rings. The summed E-state index contributed by atoms with van der Waals surface area (Å²) in [4.78, 5) is 12.9. The second-order valence-electron chi connectivity index (χ2n) is 3.13. The molecule has 80 valence electrons. The number of nitrogen functional groups attached to an aromatic ring is 1. The number of rotatable bonds is 1. The number of nitrogens with one attached hydrogen (secondary N) is 1. The lowest BCUT2D eigenvalue weighted by Gasteiger charge is -1.96. The van der Waals surface area contributed by atoms with E-state index in [9.17, 15) is 10.1 Å². The fourth-order valence-electron chi connectivity index (χ4n) is 1.45. The predicted molar refractivity (Wildman–Crippen MR) is 61.8 cm³/mol. The van der Waals surface area contributed by atoms with Crippen LogP contribution < -0.4 is 5.73 Å². The number of halogens is 1. The minimum Gasteiger partial charge on any atom is -0.396 e. The summed E-state index contributed by atoms with van der Waals surface area (Å²) in [6.45, 7) is 0. The van der Waals surface area contributed by atoms with Crippen molar-refractivity contribution < 1.29 is 4.92 Å². The van der Waals surface area contributed by atoms with Crippen LogP contribution in [0.1, 0.15) is 5.69 Å². The summed E-state index contributed by atoms with van der Waals surface area (Å²) in [5.74, 6) is 0. The van der Waals surface area contributed by atoms with Crippen LogP contribution in [-0.2, 0) is 0 Å². The van der Waals surface area contributed by atoms with Crippen molar-refractivity contribution >= 4 is 38.2 Å². The van der Waals surface area contributed by atoms with E-state index in [1.165, 1.54) is 12.1 Å². The molecule has 0 saturated heterocycles. The van der Waals surface area contributed by atoms with Crippen LogP contribution in [0.25, 0.3) is 10.9 Å². The third-order valence-electron chi connectivity index (χ3n) is 2.21. The summed E-state index contributed by atoms with van der Waals surface area (Å²) >= 11 is 3.19. The Hall–Kier alpha value is -2.07. The van der Waals surface area contributed by atoms with Gasteiger partial charge in [0.2, 0.25) is 0 Å². The highest BCUT2D eigenvalue weighted by molar-refractivity contribution is 9.10. The van der Waals surface area contributed by atoms with Gasteiger partial charge >= 0.3 is 0 Å². The number of non-ortho nitro benzene ring substituents is 1. The Kier molecular flexibility index (Phi) is 2.29. The summed E-state index contributed by atoms with van der Waals surface area (Å²) < 4.78 is 0.505. The van der Waals surface area contributed by atoms with E-state index < -0.39 is 4.92 Å². The lowest BCUT2D eigenvalue weighted by atomic mass is 10.2. The molecule has 2 rings (SSSR count). The van der Waals surface area contributed by atoms with Crippen molar-refractivity contribution in [3.63, 3.8) is 0 Å². The maximum absolute atomic E-state index is 10.7. The summed E-state index contributed by atoms with van der Waals surface area (Å²) in [5, 5.41) is 19.9. The second kappa shape index (κ2) is 3.50. The van der Waals surface area contributed by atoms with Crippen molar-refractivity contribution in [1.82, 2.24) is 4.98 Å². The molecule has 0 radical (unpaired) electrons. The van der Waals surface area contributed by atoms with Crippen LogP contribution >= 0.6 is 15.9 Å². The van der Waals surface area contributed by atoms with E-state index >= 15 is 0 Å². The monoisotopic (exact) mass is 280 g/mol. The van der Waals surface area contributed by atoms with Crippen LogP contribution in [0.15, 0.2) is 16.6 Å². The molecule has 6 nitrogen and oxygen atoms in total. The molecule has 0 amide bonds. The second-order valence-corrected chi connectivity index (χ2v) is 3.99. The average Bonchev–Trinajstić information content (AvgIpc) is 2.56. The number of nitrogens with zero attached hydrogens (tertiary/aromatic N) is 2. The molecule has 7 heteroatoms. The van der Waals surface area contributed by atoms with Gasteiger partial charge in [-0.1, -0.05) is 0 Å². The molecule has 0 bridgehead atoms. The molecule has 0 saturated carbocycles. The van der Waals surface area contributed by atoms with Crippen LogP contribution in [0.2, 0.25) is 0 Å². The zero-order chi connectivity index (χ0) is 11.9. The van der Waals surface area contributed by atoms with Gasteiger partial charge in [0.15, 0.2) is 0 Å². The van der Waals surface area contributed by atoms with Crippen LogP contribution in [0.4, 0.5) is 11.4 Å². The van der Waals surface area contributed by atoms with Gasteiger partial charge in [-0.2, -0.15) is 5.26 Å². The molecule has 1 aromatic heterocycles. The number of nitrogens with two attached hydrogens (primary N) is 1. The Bertz CT molecular complexity index is 641. The quantitative estimate of drug-likeness (QED) is 0.617. The summed E-state index contributed by atoms with van der Waals surface area (Å²) in [6.07, 6.45) is 0. The topological polar surface area (TPSA) is 109 Å². The molecule has 1 aromatic carbocycles. The molecule has 0 unspecified atom stereocenters. The van der Waals surface area contributed by atoms with Gasteiger partial charge in [0.1, 0.15) is 11.8 Å². The van der Waals surface area contributed by atoms with Crippen LogP contribution in [-0.4, -0.2) is 9.91 Å². The Morgan fingerprint density at radius 1 is 1.56 bits per heavy atom. The lowest BCUT2D eigenvalue weighted by molar-refractivity contribution is -0.384. The first-order chi connectivity index (χ1) is 7.54. The highest BCUT2D eigenvalue weighted by atomic mass is 79.9. The Labute approximate surface area is 97.9 Å². The average molecular weight is 281 g/mol. The first kappa shape index (κ1) is 10.4. The number of hydrogen-bond donors (Lipinski definition) is 2. The molecule has 0 fully saturated rings. The minimum atomic E-state index is -0.511. The van der Waals surface area contributed by atoms with Crippen molar-refractivity contribution in [1.29, 1.82) is 5.26 Å². The first-order valence-electron chi connectivity index (χ1n) is 4.19. The van der Waals surface area contributed by atoms with Crippen molar-refractivity contribution in [2.45, 2.75) is 0 Å². The van der Waals surface area contributed by atoms with Crippen LogP contribution in [0.3, 0.4) is 0 Å². The van der Waals surface area contributed by atoms with Crippen LogP contribution in [0, 0.1) is 21.4 Å². The van der Waals surface area contributed by atoms with Gasteiger partial charge < -0.3 is 10.7 Å². The molecular weight excluding hydrogens is 276 g/mol. The lowest BCUT2D eigenvalue weighted by Crippen LogP contribution is -1.89. The molecule has 2 aromatic rings. The molecule has 0 atom stereocenters. The number of aromatic nitrogens is 1. The minimum absolute atomic E-state index is 0.0745. The van der Waals surface area contributed by atoms with E-state index in [-0.39, 0.29) is 17.1 Å². The number of anilines is 1. The fraction of sp³-hybridized carbons (Fsp3) is 0. The number of H-pyrrole nitrogens is 1. The SMILES string of the molecule is N#Cc1[nH]c2c(Br)cc([N+](=O)[O-])cc2c1N. The third-order valence-corrected chi connectivity index (χ3v) is 2.83. The van der Waals surface area contributed by atoms with E-state index in [2.05, 4.69) is 20.9 Å². The van der Waals surface area contributed by atoms with Crippen molar-refractivity contribution in [2.75, 3.05) is 5.73 Å². The number of nitro groups is 1. The van der Waals surface area contributed by atoms with Gasteiger partial charge in [-0.05, 0) is 15.9 Å². The van der Waals surface area contributed by atoms with Crippen LogP contribution in [0.5, 0.6) is 0 Å². The number of nitro benzene ring substituents is 1. The molecule has 0 aliphatic carbocycles. The van der Waals surface area contributed by atoms with Gasteiger partial charge in [0.25, 0.3) is 5.69 Å². The van der Waals surface area contributed by atoms with Gasteiger partial charge in [-0.15, -0.1) is 0 Å². The number of aromatic amines is 1. The largest absolute Gasteiger partial charge is 0.396 e. The molecular formula is C9H5BrN4O2. The van der Waals surface area contributed by atoms with Gasteiger partial charge in [0.05, 0.1) is 16.1 Å². The van der Waals surface area contributed by atoms with Crippen molar-refractivity contribution in [2.24, 2.45) is 0 Å². The van der Waals surface area contributed by atoms with Gasteiger partial charge in [-0.25, -0.2) is 0 Å². The number of nitriles is 1. The number of benzene rings is 1. The predicted octanol–water partition coefficient (Wildman–Crippen LogP) is 2.29. The van der Waals surface area contributed by atoms with E-state index in [4.69, 9.17) is 11.0 Å². The number of hydrogen-bond acceptors (Lipinski definition) is 4. The zero-order valence-electron chi connectivity index (χ0n) is 7.82. The summed E-state index contributed by atoms with van der Waals surface area (Å²) in [7, 11) is 0. The maximum Gasteiger partial charge on any atom is 0.271 e. The van der Waals surface area contributed by atoms with Gasteiger partial charge in [0, 0.05) is 22.0 Å². The maximum atomic E-state index is 10.7. The van der Waals surface area contributed by atoms with Crippen molar-refractivity contribution in [3.8, 4) is 6.07 Å². The highest BCUT2D eigenvalue weighted by Gasteiger charge is 2.16. The summed E-state index contributed by atoms with van der Waals surface area (Å²) in [6, 6.07) is 4.59. The Morgan fingerprint density at radius 3 is 2.81 bits per heavy atom. The van der Waals surface area contributed by atoms with E-state index in [0.717, 1.165) is 0 Å². The highest BCUT2D eigenvalue weighted by Crippen LogP contribution is 2.33. The normalized spacial score (nSPS) is 10.2. The standard InChI is InChI=1S/C9H5BrN4O2/c10-6-2-4(14(15)16)1-5-8(12)7(3-11)13-9(5)6/h1-2,13H,12H2. The van der Waals surface area contributed by atoms with E-state index in [1.54, 1.807) is 0 Å². The summed E-state index contributed by atoms with van der Waals surface area (Å²) in [5.41, 5.74) is 6.63. The third kappa shape index (κ3) is 1.40. The smallest absolute Gasteiger partial charge is 0.271 e. The van der Waals surface area contributed by atoms with Gasteiger partial charge in [-0.3, -0.25) is 10.1 Å². The number of fused-ring (bicyclic) bond motifs is 1. The Balaban J connectivity index is 2.87.